The van der Waals surface area contributed by atoms with E-state index in [1.807, 2.05) is 0 Å². The number of hydrogen-bond donors (Lipinski definition) is 3. The summed E-state index contributed by atoms with van der Waals surface area (Å²) in [7, 11) is 0. The van der Waals surface area contributed by atoms with E-state index >= 15 is 0 Å². The molecule has 110 valence electrons. The minimum absolute atomic E-state index is 0.0355. The molecule has 0 fully saturated rings. The number of carbonyl (C=O) groups is 2. The summed E-state index contributed by atoms with van der Waals surface area (Å²) < 4.78 is 13.7. The number of nitrogens with one attached hydrogen (secondary N) is 2. The second-order valence-electron chi connectivity index (χ2n) is 5.08. The van der Waals surface area contributed by atoms with Crippen molar-refractivity contribution in [3.05, 3.63) is 28.0 Å². The summed E-state index contributed by atoms with van der Waals surface area (Å²) in [6, 6.07) is 2.16. The van der Waals surface area contributed by atoms with E-state index in [4.69, 9.17) is 5.11 Å². The van der Waals surface area contributed by atoms with Crippen LogP contribution in [0.15, 0.2) is 16.6 Å². The Bertz CT molecular complexity index is 547. The van der Waals surface area contributed by atoms with Crippen LogP contribution < -0.4 is 10.6 Å². The molecule has 3 N–H and O–H groups in total. The molecule has 0 aromatic heterocycles. The van der Waals surface area contributed by atoms with Gasteiger partial charge in [0, 0.05) is 12.2 Å². The second-order valence-corrected chi connectivity index (χ2v) is 5.93. The monoisotopic (exact) mass is 346 g/mol. The van der Waals surface area contributed by atoms with Crippen molar-refractivity contribution in [2.45, 2.75) is 20.8 Å². The van der Waals surface area contributed by atoms with Gasteiger partial charge in [0.15, 0.2) is 0 Å². The molecule has 2 amide bonds. The van der Waals surface area contributed by atoms with Gasteiger partial charge in [0.25, 0.3) is 0 Å². The fraction of sp³-hybridized carbons (Fsp3) is 0.385. The van der Waals surface area contributed by atoms with Crippen molar-refractivity contribution in [1.29, 1.82) is 0 Å². The van der Waals surface area contributed by atoms with Crippen molar-refractivity contribution in [2.75, 3.05) is 11.9 Å². The minimum atomic E-state index is -1.07. The lowest BCUT2D eigenvalue weighted by atomic mass is 9.94. The van der Waals surface area contributed by atoms with Crippen LogP contribution in [0, 0.1) is 18.2 Å². The molecule has 1 aromatic carbocycles. The fourth-order valence-corrected chi connectivity index (χ4v) is 1.78. The van der Waals surface area contributed by atoms with Crippen molar-refractivity contribution < 1.29 is 19.1 Å². The van der Waals surface area contributed by atoms with Gasteiger partial charge in [-0.05, 0) is 54.4 Å². The number of carboxylic acid groups (broad SMARTS) is 1. The molecule has 0 unspecified atom stereocenters. The van der Waals surface area contributed by atoms with Crippen LogP contribution in [0.3, 0.4) is 0 Å². The number of aryl methyl sites for hydroxylation is 1. The first-order valence-electron chi connectivity index (χ1n) is 5.87. The third-order valence-corrected chi connectivity index (χ3v) is 3.39. The normalized spacial score (nSPS) is 11.1. The number of carboxylic acids is 1. The van der Waals surface area contributed by atoms with Crippen LogP contribution >= 0.6 is 15.9 Å². The molecule has 0 saturated heterocycles. The first-order valence-corrected chi connectivity index (χ1v) is 6.66. The molecule has 1 aromatic rings. The van der Waals surface area contributed by atoms with Gasteiger partial charge in [0.05, 0.1) is 9.89 Å². The van der Waals surface area contributed by atoms with E-state index in [0.717, 1.165) is 0 Å². The Kier molecular flexibility index (Phi) is 5.10. The SMILES string of the molecule is Cc1cc(Br)c(F)cc1NC(=O)NCC(C)(C)C(=O)O. The lowest BCUT2D eigenvalue weighted by Gasteiger charge is -2.20. The Labute approximate surface area is 124 Å². The summed E-state index contributed by atoms with van der Waals surface area (Å²) in [5, 5.41) is 13.9. The molecule has 7 heteroatoms. The first-order chi connectivity index (χ1) is 9.13. The lowest BCUT2D eigenvalue weighted by Crippen LogP contribution is -2.40. The number of anilines is 1. The van der Waals surface area contributed by atoms with Gasteiger partial charge in [-0.1, -0.05) is 0 Å². The van der Waals surface area contributed by atoms with Gasteiger partial charge >= 0.3 is 12.0 Å². The van der Waals surface area contributed by atoms with Crippen molar-refractivity contribution in [3.8, 4) is 0 Å². The van der Waals surface area contributed by atoms with E-state index in [2.05, 4.69) is 26.6 Å². The molecule has 0 bridgehead atoms. The van der Waals surface area contributed by atoms with Crippen molar-refractivity contribution in [2.24, 2.45) is 5.41 Å². The predicted molar refractivity (Wildman–Crippen MR) is 77.3 cm³/mol. The molecular formula is C13H16BrFN2O3. The van der Waals surface area contributed by atoms with Crippen molar-refractivity contribution in [3.63, 3.8) is 0 Å². The number of halogens is 2. The Morgan fingerprint density at radius 3 is 2.55 bits per heavy atom. The van der Waals surface area contributed by atoms with Crippen LogP contribution in [0.25, 0.3) is 0 Å². The Balaban J connectivity index is 2.68. The van der Waals surface area contributed by atoms with Gasteiger partial charge in [0.2, 0.25) is 0 Å². The predicted octanol–water partition coefficient (Wildman–Crippen LogP) is 3.13. The maximum absolute atomic E-state index is 13.4. The summed E-state index contributed by atoms with van der Waals surface area (Å²) in [6.07, 6.45) is 0. The molecule has 20 heavy (non-hydrogen) atoms. The lowest BCUT2D eigenvalue weighted by molar-refractivity contribution is -0.146. The van der Waals surface area contributed by atoms with Gasteiger partial charge < -0.3 is 15.7 Å². The molecule has 0 aliphatic carbocycles. The highest BCUT2D eigenvalue weighted by Gasteiger charge is 2.27. The van der Waals surface area contributed by atoms with Gasteiger partial charge in [0.1, 0.15) is 5.82 Å². The molecule has 0 saturated carbocycles. The minimum Gasteiger partial charge on any atom is -0.481 e. The van der Waals surface area contributed by atoms with E-state index in [1.54, 1.807) is 13.0 Å². The quantitative estimate of drug-likeness (QED) is 0.783. The van der Waals surface area contributed by atoms with Crippen LogP contribution in [0.2, 0.25) is 0 Å². The van der Waals surface area contributed by atoms with E-state index in [0.29, 0.717) is 15.7 Å². The number of aliphatic carboxylic acids is 1. The van der Waals surface area contributed by atoms with Gasteiger partial charge in [-0.25, -0.2) is 9.18 Å². The zero-order valence-electron chi connectivity index (χ0n) is 11.4. The van der Waals surface area contributed by atoms with Gasteiger partial charge in [-0.3, -0.25) is 4.79 Å². The topological polar surface area (TPSA) is 78.4 Å². The van der Waals surface area contributed by atoms with Crippen LogP contribution in [-0.2, 0) is 4.79 Å². The van der Waals surface area contributed by atoms with Gasteiger partial charge in [-0.2, -0.15) is 0 Å². The smallest absolute Gasteiger partial charge is 0.319 e. The zero-order chi connectivity index (χ0) is 15.5. The average molecular weight is 347 g/mol. The molecule has 5 nitrogen and oxygen atoms in total. The number of carbonyl (C=O) groups excluding carboxylic acids is 1. The second kappa shape index (κ2) is 6.21. The highest BCUT2D eigenvalue weighted by atomic mass is 79.9. The third-order valence-electron chi connectivity index (χ3n) is 2.79. The Hall–Kier alpha value is -1.63. The van der Waals surface area contributed by atoms with E-state index in [1.165, 1.54) is 19.9 Å². The standard InChI is InChI=1S/C13H16BrFN2O3/c1-7-4-8(14)9(15)5-10(7)17-12(20)16-6-13(2,3)11(18)19/h4-5H,6H2,1-3H3,(H,18,19)(H2,16,17,20). The number of urea groups is 1. The summed E-state index contributed by atoms with van der Waals surface area (Å²) in [4.78, 5) is 22.6. The molecule has 0 radical (unpaired) electrons. The Morgan fingerprint density at radius 2 is 2.00 bits per heavy atom. The summed E-state index contributed by atoms with van der Waals surface area (Å²) in [5.41, 5.74) is -0.0561. The molecule has 0 aliphatic heterocycles. The molecule has 0 aliphatic rings. The largest absolute Gasteiger partial charge is 0.481 e. The van der Waals surface area contributed by atoms with Crippen LogP contribution in [0.5, 0.6) is 0 Å². The third kappa shape index (κ3) is 4.19. The van der Waals surface area contributed by atoms with Crippen LogP contribution in [0.4, 0.5) is 14.9 Å². The Morgan fingerprint density at radius 1 is 1.40 bits per heavy atom. The highest BCUT2D eigenvalue weighted by Crippen LogP contribution is 2.23. The van der Waals surface area contributed by atoms with Gasteiger partial charge in [-0.15, -0.1) is 0 Å². The van der Waals surface area contributed by atoms with E-state index in [9.17, 15) is 14.0 Å². The van der Waals surface area contributed by atoms with E-state index < -0.39 is 23.2 Å². The highest BCUT2D eigenvalue weighted by molar-refractivity contribution is 9.10. The maximum atomic E-state index is 13.4. The average Bonchev–Trinajstić information content (AvgIpc) is 2.33. The van der Waals surface area contributed by atoms with Crippen LogP contribution in [-0.4, -0.2) is 23.7 Å². The van der Waals surface area contributed by atoms with Crippen molar-refractivity contribution in [1.82, 2.24) is 5.32 Å². The number of amides is 2. The van der Waals surface area contributed by atoms with Crippen LogP contribution in [0.1, 0.15) is 19.4 Å². The first kappa shape index (κ1) is 16.4. The maximum Gasteiger partial charge on any atom is 0.319 e. The number of hydrogen-bond acceptors (Lipinski definition) is 2. The summed E-state index contributed by atoms with van der Waals surface area (Å²) in [5.74, 6) is -1.50. The molecule has 0 atom stereocenters. The number of benzene rings is 1. The molecule has 0 heterocycles. The summed E-state index contributed by atoms with van der Waals surface area (Å²) in [6.45, 7) is 4.69. The molecule has 0 spiro atoms. The summed E-state index contributed by atoms with van der Waals surface area (Å²) >= 11 is 3.05. The van der Waals surface area contributed by atoms with E-state index in [-0.39, 0.29) is 6.54 Å². The molecular weight excluding hydrogens is 331 g/mol. The number of rotatable bonds is 4. The van der Waals surface area contributed by atoms with Crippen molar-refractivity contribution >= 4 is 33.6 Å². The molecule has 1 rings (SSSR count). The fourth-order valence-electron chi connectivity index (χ4n) is 1.32. The zero-order valence-corrected chi connectivity index (χ0v) is 13.0.